The van der Waals surface area contributed by atoms with Crippen LogP contribution in [-0.4, -0.2) is 68.2 Å². The highest BCUT2D eigenvalue weighted by atomic mass is 19.1. The number of nitrogens with zero attached hydrogens (tertiary/aromatic N) is 1. The molecule has 3 fully saturated rings. The maximum Gasteiger partial charge on any atom is 0.338 e. The number of hydrogen-bond acceptors (Lipinski definition) is 6. The summed E-state index contributed by atoms with van der Waals surface area (Å²) in [6.07, 6.45) is 10.6. The fourth-order valence-corrected chi connectivity index (χ4v) is 7.20. The van der Waals surface area contributed by atoms with Crippen LogP contribution in [0.3, 0.4) is 0 Å². The number of Topliss-reactive ketones (excluding diaryl/α,β-unsaturated/α-hetero) is 1. The fraction of sp³-hybridized carbons (Fsp3) is 0.719. The number of methoxy groups -OCH3 is 1. The van der Waals surface area contributed by atoms with Gasteiger partial charge in [-0.1, -0.05) is 44.2 Å². The predicted octanol–water partition coefficient (Wildman–Crippen LogP) is 4.89. The normalized spacial score (nSPS) is 26.4. The molecule has 0 aromatic heterocycles. The molecule has 2 aliphatic carbocycles. The van der Waals surface area contributed by atoms with Crippen LogP contribution in [0, 0.1) is 23.7 Å². The second-order valence-corrected chi connectivity index (χ2v) is 12.1. The summed E-state index contributed by atoms with van der Waals surface area (Å²) in [7, 11) is 1.61. The van der Waals surface area contributed by atoms with Gasteiger partial charge >= 0.3 is 5.97 Å². The van der Waals surface area contributed by atoms with Crippen LogP contribution in [0.2, 0.25) is 0 Å². The molecule has 0 radical (unpaired) electrons. The Kier molecular flexibility index (Phi) is 11.5. The summed E-state index contributed by atoms with van der Waals surface area (Å²) < 4.78 is 23.3. The number of esters is 1. The van der Waals surface area contributed by atoms with E-state index < -0.39 is 18.8 Å². The highest BCUT2D eigenvalue weighted by Gasteiger charge is 2.46. The van der Waals surface area contributed by atoms with Gasteiger partial charge < -0.3 is 20.1 Å². The molecule has 40 heavy (non-hydrogen) atoms. The van der Waals surface area contributed by atoms with Gasteiger partial charge in [-0.3, -0.25) is 9.59 Å². The highest BCUT2D eigenvalue weighted by Crippen LogP contribution is 2.41. The lowest BCUT2D eigenvalue weighted by Crippen LogP contribution is -2.48. The van der Waals surface area contributed by atoms with Crippen molar-refractivity contribution >= 4 is 17.7 Å². The minimum Gasteiger partial charge on any atom is -0.462 e. The van der Waals surface area contributed by atoms with Crippen molar-refractivity contribution in [3.8, 4) is 0 Å². The van der Waals surface area contributed by atoms with E-state index in [1.54, 1.807) is 19.2 Å². The molecule has 0 bridgehead atoms. The van der Waals surface area contributed by atoms with Crippen molar-refractivity contribution in [2.75, 3.05) is 33.5 Å². The van der Waals surface area contributed by atoms with E-state index in [4.69, 9.17) is 15.2 Å². The van der Waals surface area contributed by atoms with E-state index in [9.17, 15) is 18.8 Å². The van der Waals surface area contributed by atoms with E-state index in [0.29, 0.717) is 50.5 Å². The number of alkyl halides is 1. The zero-order chi connectivity index (χ0) is 28.5. The van der Waals surface area contributed by atoms with Crippen molar-refractivity contribution in [2.45, 2.75) is 89.1 Å². The summed E-state index contributed by atoms with van der Waals surface area (Å²) in [5.41, 5.74) is 7.23. The molecule has 2 saturated carbocycles. The molecule has 1 aromatic carbocycles. The molecule has 1 aromatic rings. The molecule has 1 amide bonds. The van der Waals surface area contributed by atoms with Gasteiger partial charge in [0.05, 0.1) is 18.2 Å². The van der Waals surface area contributed by atoms with Crippen LogP contribution in [0.4, 0.5) is 4.39 Å². The van der Waals surface area contributed by atoms with E-state index >= 15 is 0 Å². The lowest BCUT2D eigenvalue weighted by Gasteiger charge is -2.37. The second kappa shape index (κ2) is 15.1. The molecule has 8 heteroatoms. The van der Waals surface area contributed by atoms with Crippen molar-refractivity contribution in [1.29, 1.82) is 0 Å². The molecule has 3 aliphatic rings. The highest BCUT2D eigenvalue weighted by molar-refractivity contribution is 5.92. The Bertz CT molecular complexity index is 972. The third-order valence-electron chi connectivity index (χ3n) is 9.51. The largest absolute Gasteiger partial charge is 0.462 e. The Balaban J connectivity index is 1.42. The molecule has 2 N–H and O–H groups in total. The SMILES string of the molecule is COCCCOC(=O)c1ccc(CC(=O)[C@@H]2[C@H](C3CCCCC3)CCN2C(=O)C2CCC([C@H](N)CF)CC2)cc1. The average Bonchev–Trinajstić information content (AvgIpc) is 3.45. The van der Waals surface area contributed by atoms with Crippen LogP contribution in [0.15, 0.2) is 24.3 Å². The van der Waals surface area contributed by atoms with Gasteiger partial charge in [-0.05, 0) is 67.6 Å². The maximum absolute atomic E-state index is 13.9. The molecule has 1 heterocycles. The first kappa shape index (κ1) is 30.6. The molecule has 3 atom stereocenters. The molecule has 4 rings (SSSR count). The van der Waals surface area contributed by atoms with Gasteiger partial charge in [-0.15, -0.1) is 0 Å². The molecule has 7 nitrogen and oxygen atoms in total. The molecule has 1 saturated heterocycles. The number of rotatable bonds is 12. The van der Waals surface area contributed by atoms with Crippen LogP contribution in [0.5, 0.6) is 0 Å². The third kappa shape index (κ3) is 7.69. The first-order chi connectivity index (χ1) is 19.4. The predicted molar refractivity (Wildman–Crippen MR) is 152 cm³/mol. The Morgan fingerprint density at radius 1 is 0.975 bits per heavy atom. The van der Waals surface area contributed by atoms with Crippen LogP contribution in [-0.2, 0) is 25.5 Å². The lowest BCUT2D eigenvalue weighted by atomic mass is 9.75. The molecule has 0 spiro atoms. The number of ketones is 1. The Hall–Kier alpha value is -2.32. The number of nitrogens with two attached hydrogens (primary N) is 1. The van der Waals surface area contributed by atoms with E-state index in [1.807, 2.05) is 17.0 Å². The number of amides is 1. The number of carbonyl (C=O) groups is 3. The van der Waals surface area contributed by atoms with E-state index in [1.165, 1.54) is 19.3 Å². The Morgan fingerprint density at radius 3 is 2.33 bits per heavy atom. The first-order valence-corrected chi connectivity index (χ1v) is 15.3. The van der Waals surface area contributed by atoms with Gasteiger partial charge in [0.25, 0.3) is 0 Å². The number of halogens is 1. The average molecular weight is 559 g/mol. The summed E-state index contributed by atoms with van der Waals surface area (Å²) in [6, 6.07) is 6.20. The van der Waals surface area contributed by atoms with E-state index in [2.05, 4.69) is 0 Å². The monoisotopic (exact) mass is 558 g/mol. The van der Waals surface area contributed by atoms with Gasteiger partial charge in [0.15, 0.2) is 5.78 Å². The summed E-state index contributed by atoms with van der Waals surface area (Å²) in [5.74, 6) is 0.493. The number of likely N-dealkylation sites (tertiary alicyclic amines) is 1. The van der Waals surface area contributed by atoms with Crippen molar-refractivity contribution in [2.24, 2.45) is 29.4 Å². The van der Waals surface area contributed by atoms with Gasteiger partial charge in [-0.2, -0.15) is 0 Å². The van der Waals surface area contributed by atoms with Crippen LogP contribution in [0.25, 0.3) is 0 Å². The third-order valence-corrected chi connectivity index (χ3v) is 9.51. The molecule has 1 aliphatic heterocycles. The van der Waals surface area contributed by atoms with Gasteiger partial charge in [0.1, 0.15) is 6.67 Å². The molecule has 0 unspecified atom stereocenters. The summed E-state index contributed by atoms with van der Waals surface area (Å²) in [4.78, 5) is 41.9. The summed E-state index contributed by atoms with van der Waals surface area (Å²) in [5, 5.41) is 0. The molecular weight excluding hydrogens is 511 g/mol. The maximum atomic E-state index is 13.9. The van der Waals surface area contributed by atoms with Crippen LogP contribution < -0.4 is 5.73 Å². The van der Waals surface area contributed by atoms with E-state index in [-0.39, 0.29) is 41.8 Å². The summed E-state index contributed by atoms with van der Waals surface area (Å²) >= 11 is 0. The standard InChI is InChI=1S/C32H47FN2O5/c1-39-18-5-19-40-32(38)26-10-8-22(9-11-26)20-29(36)30-27(23-6-3-2-4-7-23)16-17-35(30)31(37)25-14-12-24(13-15-25)28(34)21-33/h8-11,23-25,27-28,30H,2-7,12-21,34H2,1H3/t24?,25?,27-,28+,30-/m0/s1. The Labute approximate surface area is 238 Å². The molecular formula is C32H47FN2O5. The van der Waals surface area contributed by atoms with Crippen LogP contribution >= 0.6 is 0 Å². The number of ether oxygens (including phenoxy) is 2. The van der Waals surface area contributed by atoms with Crippen molar-refractivity contribution in [1.82, 2.24) is 4.90 Å². The quantitative estimate of drug-likeness (QED) is 0.290. The first-order valence-electron chi connectivity index (χ1n) is 15.3. The zero-order valence-corrected chi connectivity index (χ0v) is 24.0. The number of benzene rings is 1. The minimum atomic E-state index is -0.522. The number of carbonyl (C=O) groups excluding carboxylic acids is 3. The van der Waals surface area contributed by atoms with Crippen LogP contribution in [0.1, 0.15) is 86.6 Å². The summed E-state index contributed by atoms with van der Waals surface area (Å²) in [6.45, 7) is 0.941. The van der Waals surface area contributed by atoms with Crippen molar-refractivity contribution < 1.29 is 28.2 Å². The number of hydrogen-bond donors (Lipinski definition) is 1. The topological polar surface area (TPSA) is 98.9 Å². The second-order valence-electron chi connectivity index (χ2n) is 12.1. The zero-order valence-electron chi connectivity index (χ0n) is 24.0. The molecule has 222 valence electrons. The van der Waals surface area contributed by atoms with Crippen molar-refractivity contribution in [3.63, 3.8) is 0 Å². The fourth-order valence-electron chi connectivity index (χ4n) is 7.20. The van der Waals surface area contributed by atoms with Crippen molar-refractivity contribution in [3.05, 3.63) is 35.4 Å². The lowest BCUT2D eigenvalue weighted by molar-refractivity contribution is -0.143. The minimum absolute atomic E-state index is 0.0875. The van der Waals surface area contributed by atoms with Gasteiger partial charge in [0, 0.05) is 45.1 Å². The van der Waals surface area contributed by atoms with E-state index in [0.717, 1.165) is 37.7 Å². The van der Waals surface area contributed by atoms with Gasteiger partial charge in [0.2, 0.25) is 5.91 Å². The van der Waals surface area contributed by atoms with Gasteiger partial charge in [-0.25, -0.2) is 9.18 Å². The smallest absolute Gasteiger partial charge is 0.338 e. The Morgan fingerprint density at radius 2 is 1.68 bits per heavy atom.